The average Bonchev–Trinajstić information content (AvgIpc) is 2.78. The molecule has 0 saturated carbocycles. The van der Waals surface area contributed by atoms with Gasteiger partial charge in [-0.2, -0.15) is 0 Å². The Bertz CT molecular complexity index is 373. The number of aromatic amines is 1. The number of carbonyl (C=O) groups is 1. The quantitative estimate of drug-likeness (QED) is 0.552. The molecule has 0 unspecified atom stereocenters. The first-order valence-corrected chi connectivity index (χ1v) is 5.58. The second-order valence-electron chi connectivity index (χ2n) is 3.85. The summed E-state index contributed by atoms with van der Waals surface area (Å²) < 4.78 is 4.93. The van der Waals surface area contributed by atoms with Crippen molar-refractivity contribution in [2.75, 3.05) is 13.2 Å². The van der Waals surface area contributed by atoms with Gasteiger partial charge in [0.25, 0.3) is 5.91 Å². The third-order valence-electron chi connectivity index (χ3n) is 2.10. The molecule has 0 fully saturated rings. The molecule has 1 rings (SSSR count). The van der Waals surface area contributed by atoms with Gasteiger partial charge in [0.05, 0.1) is 12.9 Å². The molecule has 0 saturated heterocycles. The minimum atomic E-state index is -0.272. The molecule has 1 amide bonds. The third-order valence-corrected chi connectivity index (χ3v) is 2.10. The lowest BCUT2D eigenvalue weighted by Crippen LogP contribution is -2.26. The van der Waals surface area contributed by atoms with Crippen LogP contribution in [0.4, 0.5) is 0 Å². The summed E-state index contributed by atoms with van der Waals surface area (Å²) in [4.78, 5) is 15.7. The van der Waals surface area contributed by atoms with Gasteiger partial charge in [-0.1, -0.05) is 20.4 Å². The van der Waals surface area contributed by atoms with E-state index in [2.05, 4.69) is 27.1 Å². The van der Waals surface area contributed by atoms with Crippen LogP contribution in [0, 0.1) is 0 Å². The van der Waals surface area contributed by atoms with Crippen LogP contribution in [0.5, 0.6) is 0 Å². The second-order valence-corrected chi connectivity index (χ2v) is 3.85. The molecule has 0 aliphatic carbocycles. The summed E-state index contributed by atoms with van der Waals surface area (Å²) in [6.07, 6.45) is 2.10. The number of nitrogens with one attached hydrogen (secondary N) is 2. The maximum absolute atomic E-state index is 11.6. The summed E-state index contributed by atoms with van der Waals surface area (Å²) in [5, 5.41) is 9.31. The summed E-state index contributed by atoms with van der Waals surface area (Å²) in [5.41, 5.74) is 0. The monoisotopic (exact) mass is 238 g/mol. The van der Waals surface area contributed by atoms with Gasteiger partial charge < -0.3 is 10.1 Å². The first kappa shape index (κ1) is 13.2. The Labute approximate surface area is 100 Å². The molecule has 94 valence electrons. The van der Waals surface area contributed by atoms with Crippen LogP contribution in [-0.4, -0.2) is 34.2 Å². The van der Waals surface area contributed by atoms with Gasteiger partial charge in [-0.3, -0.25) is 9.89 Å². The number of hydrogen-bond acceptors (Lipinski definition) is 4. The molecular weight excluding hydrogens is 220 g/mol. The van der Waals surface area contributed by atoms with Crippen molar-refractivity contribution in [2.45, 2.75) is 26.2 Å². The Hall–Kier alpha value is -1.85. The van der Waals surface area contributed by atoms with Gasteiger partial charge in [0.15, 0.2) is 0 Å². The Morgan fingerprint density at radius 2 is 2.41 bits per heavy atom. The van der Waals surface area contributed by atoms with Gasteiger partial charge >= 0.3 is 0 Å². The molecule has 2 N–H and O–H groups in total. The fourth-order valence-electron chi connectivity index (χ4n) is 1.15. The van der Waals surface area contributed by atoms with Crippen LogP contribution in [0.3, 0.4) is 0 Å². The highest BCUT2D eigenvalue weighted by Crippen LogP contribution is 2.07. The van der Waals surface area contributed by atoms with Crippen LogP contribution >= 0.6 is 0 Å². The van der Waals surface area contributed by atoms with E-state index in [4.69, 9.17) is 4.74 Å². The molecular formula is C11H18N4O2. The molecule has 0 radical (unpaired) electrons. The lowest BCUT2D eigenvalue weighted by molar-refractivity contribution is 0.0940. The summed E-state index contributed by atoms with van der Waals surface area (Å²) in [6.45, 7) is 8.45. The summed E-state index contributed by atoms with van der Waals surface area (Å²) >= 11 is 0. The number of amides is 1. The van der Waals surface area contributed by atoms with Gasteiger partial charge in [-0.25, -0.2) is 4.98 Å². The van der Waals surface area contributed by atoms with Crippen molar-refractivity contribution < 1.29 is 9.53 Å². The molecule has 0 atom stereocenters. The third kappa shape index (κ3) is 4.26. The van der Waals surface area contributed by atoms with E-state index in [1.165, 1.54) is 6.26 Å². The Kier molecular flexibility index (Phi) is 5.19. The van der Waals surface area contributed by atoms with E-state index in [0.29, 0.717) is 19.0 Å². The number of rotatable bonds is 7. The highest BCUT2D eigenvalue weighted by molar-refractivity contribution is 5.90. The minimum absolute atomic E-state index is 0.179. The molecule has 1 aromatic heterocycles. The number of ether oxygens (including phenoxy) is 1. The van der Waals surface area contributed by atoms with E-state index < -0.39 is 0 Å². The highest BCUT2D eigenvalue weighted by atomic mass is 16.5. The zero-order valence-electron chi connectivity index (χ0n) is 10.2. The van der Waals surface area contributed by atoms with Crippen LogP contribution in [0.1, 0.15) is 42.6 Å². The molecule has 0 aliphatic rings. The number of H-pyrrole nitrogens is 1. The maximum Gasteiger partial charge on any atom is 0.290 e. The summed E-state index contributed by atoms with van der Waals surface area (Å²) in [6, 6.07) is 0. The van der Waals surface area contributed by atoms with Gasteiger partial charge in [0, 0.05) is 12.5 Å². The van der Waals surface area contributed by atoms with Gasteiger partial charge in [0.2, 0.25) is 5.82 Å². The molecule has 1 aromatic rings. The fraction of sp³-hybridized carbons (Fsp3) is 0.545. The van der Waals surface area contributed by atoms with Crippen LogP contribution in [0.25, 0.3) is 0 Å². The Balaban J connectivity index is 2.33. The van der Waals surface area contributed by atoms with Crippen molar-refractivity contribution in [1.29, 1.82) is 0 Å². The Morgan fingerprint density at radius 3 is 3.00 bits per heavy atom. The SMILES string of the molecule is C=COCCCNC(=O)c1n[nH]c(C(C)C)n1. The lowest BCUT2D eigenvalue weighted by atomic mass is 10.2. The number of carbonyl (C=O) groups excluding carboxylic acids is 1. The zero-order valence-corrected chi connectivity index (χ0v) is 10.2. The molecule has 0 bridgehead atoms. The Morgan fingerprint density at radius 1 is 1.65 bits per heavy atom. The van der Waals surface area contributed by atoms with Crippen molar-refractivity contribution in [2.24, 2.45) is 0 Å². The summed E-state index contributed by atoms with van der Waals surface area (Å²) in [7, 11) is 0. The first-order chi connectivity index (χ1) is 8.15. The zero-order chi connectivity index (χ0) is 12.7. The largest absolute Gasteiger partial charge is 0.502 e. The van der Waals surface area contributed by atoms with E-state index in [-0.39, 0.29) is 17.6 Å². The fourth-order valence-corrected chi connectivity index (χ4v) is 1.15. The van der Waals surface area contributed by atoms with Crippen LogP contribution in [0.2, 0.25) is 0 Å². The highest BCUT2D eigenvalue weighted by Gasteiger charge is 2.13. The van der Waals surface area contributed by atoms with Crippen LogP contribution in [0.15, 0.2) is 12.8 Å². The number of nitrogens with zero attached hydrogens (tertiary/aromatic N) is 2. The topological polar surface area (TPSA) is 79.9 Å². The van der Waals surface area contributed by atoms with E-state index in [0.717, 1.165) is 6.42 Å². The van der Waals surface area contributed by atoms with Crippen molar-refractivity contribution in [3.8, 4) is 0 Å². The molecule has 0 spiro atoms. The van der Waals surface area contributed by atoms with Gasteiger partial charge in [0.1, 0.15) is 5.82 Å². The lowest BCUT2D eigenvalue weighted by Gasteiger charge is -2.02. The average molecular weight is 238 g/mol. The maximum atomic E-state index is 11.6. The van der Waals surface area contributed by atoms with E-state index >= 15 is 0 Å². The molecule has 17 heavy (non-hydrogen) atoms. The predicted octanol–water partition coefficient (Wildman–Crippen LogP) is 1.21. The minimum Gasteiger partial charge on any atom is -0.502 e. The van der Waals surface area contributed by atoms with Crippen LogP contribution in [-0.2, 0) is 4.74 Å². The van der Waals surface area contributed by atoms with Crippen LogP contribution < -0.4 is 5.32 Å². The molecule has 0 aliphatic heterocycles. The predicted molar refractivity (Wildman–Crippen MR) is 63.6 cm³/mol. The van der Waals surface area contributed by atoms with E-state index in [1.807, 2.05) is 13.8 Å². The van der Waals surface area contributed by atoms with Crippen molar-refractivity contribution in [3.63, 3.8) is 0 Å². The van der Waals surface area contributed by atoms with E-state index in [9.17, 15) is 4.79 Å². The van der Waals surface area contributed by atoms with Crippen molar-refractivity contribution in [3.05, 3.63) is 24.5 Å². The van der Waals surface area contributed by atoms with Crippen molar-refractivity contribution in [1.82, 2.24) is 20.5 Å². The molecule has 1 heterocycles. The molecule has 6 heteroatoms. The smallest absolute Gasteiger partial charge is 0.290 e. The molecule has 0 aromatic carbocycles. The normalized spacial score (nSPS) is 10.3. The van der Waals surface area contributed by atoms with Crippen molar-refractivity contribution >= 4 is 5.91 Å². The second kappa shape index (κ2) is 6.67. The van der Waals surface area contributed by atoms with Gasteiger partial charge in [-0.05, 0) is 6.42 Å². The van der Waals surface area contributed by atoms with E-state index in [1.54, 1.807) is 0 Å². The first-order valence-electron chi connectivity index (χ1n) is 5.58. The standard InChI is InChI=1S/C11H18N4O2/c1-4-17-7-5-6-12-11(16)10-13-9(8(2)3)14-15-10/h4,8H,1,5-7H2,2-3H3,(H,12,16)(H,13,14,15). The number of aromatic nitrogens is 3. The molecule has 6 nitrogen and oxygen atoms in total. The van der Waals surface area contributed by atoms with Gasteiger partial charge in [-0.15, -0.1) is 5.10 Å². The number of hydrogen-bond donors (Lipinski definition) is 2. The summed E-state index contributed by atoms with van der Waals surface area (Å²) in [5.74, 6) is 0.847.